The van der Waals surface area contributed by atoms with E-state index in [1.807, 2.05) is 42.2 Å². The molecule has 14 nitrogen and oxygen atoms in total. The third kappa shape index (κ3) is 7.52. The van der Waals surface area contributed by atoms with Gasteiger partial charge in [-0.15, -0.1) is 0 Å². The lowest BCUT2D eigenvalue weighted by Crippen LogP contribution is -2.60. The minimum atomic E-state index is -1.27. The Kier molecular flexibility index (Phi) is 11.9. The Morgan fingerprint density at radius 1 is 0.954 bits per heavy atom. The first-order valence-electron chi connectivity index (χ1n) is 23.1. The van der Waals surface area contributed by atoms with E-state index in [9.17, 15) is 33.9 Å². The summed E-state index contributed by atoms with van der Waals surface area (Å²) in [4.78, 5) is 82.2. The van der Waals surface area contributed by atoms with Crippen molar-refractivity contribution in [3.8, 4) is 0 Å². The van der Waals surface area contributed by atoms with Crippen LogP contribution in [-0.4, -0.2) is 79.5 Å². The van der Waals surface area contributed by atoms with Gasteiger partial charge in [0.25, 0.3) is 0 Å². The zero-order valence-corrected chi connectivity index (χ0v) is 37.6. The number of aromatic nitrogens is 2. The number of aryl methyl sites for hydroxylation is 2. The third-order valence-electron chi connectivity index (χ3n) is 15.6. The van der Waals surface area contributed by atoms with E-state index in [4.69, 9.17) is 17.3 Å². The second kappa shape index (κ2) is 17.4. The number of benzene rings is 3. The molecule has 2 aliphatic carbocycles. The third-order valence-corrected chi connectivity index (χ3v) is 15.9. The summed E-state index contributed by atoms with van der Waals surface area (Å²) in [5, 5.41) is 20.0. The van der Waals surface area contributed by atoms with E-state index in [1.54, 1.807) is 25.2 Å². The zero-order chi connectivity index (χ0) is 45.9. The molecule has 16 heteroatoms. The number of fused-ring (bicyclic) bond motifs is 4. The summed E-state index contributed by atoms with van der Waals surface area (Å²) >= 11 is 6.43. The van der Waals surface area contributed by atoms with Gasteiger partial charge in [0.1, 0.15) is 17.3 Å². The number of carbonyl (C=O) groups is 5. The molecule has 3 aliphatic heterocycles. The molecule has 5 aliphatic rings. The number of nitrogens with two attached hydrogens (primary N) is 1. The molecule has 9 rings (SSSR count). The molecule has 2 spiro atoms. The standard InChI is InChI=1S/C49H57ClFN7O7/c1-27-9-15-33-35(25-27)54-46(64)49(33)40(32-7-6-8-34(50)41(32)51)42(55-48(49)21-4-3-5-22-48)43(60)53-31-13-10-29(11-14-31)44(61)57-23-19-28(20-24-57)30-12-16-36-38(26-30)56(2)47(65)58(36)37(45(62)63)17-18-39(52)59/h6-9,12,15-16,25-26,28-29,31,37,40,42,55H,3-5,10-11,13-14,17-24H2,1-2H3,(H2,52,59)(H,53,60)(H,54,64)(H,62,63)/t29?,31?,37?,40-,42+,49+/m0/s1. The fraction of sp³-hybridized carbons (Fsp3) is 0.510. The van der Waals surface area contributed by atoms with Gasteiger partial charge in [-0.3, -0.25) is 33.6 Å². The van der Waals surface area contributed by atoms with Crippen molar-refractivity contribution in [1.29, 1.82) is 0 Å². The smallest absolute Gasteiger partial charge is 0.329 e. The molecule has 6 N–H and O–H groups in total. The molecule has 4 fully saturated rings. The molecule has 4 aromatic rings. The summed E-state index contributed by atoms with van der Waals surface area (Å²) in [6.07, 6.45) is 7.64. The summed E-state index contributed by atoms with van der Waals surface area (Å²) in [7, 11) is 1.60. The van der Waals surface area contributed by atoms with E-state index >= 15 is 4.39 Å². The number of anilines is 1. The first kappa shape index (κ1) is 44.7. The van der Waals surface area contributed by atoms with Crippen molar-refractivity contribution in [1.82, 2.24) is 24.7 Å². The van der Waals surface area contributed by atoms with Gasteiger partial charge in [0.05, 0.1) is 22.1 Å². The van der Waals surface area contributed by atoms with Crippen molar-refractivity contribution >= 4 is 57.9 Å². The fourth-order valence-corrected chi connectivity index (χ4v) is 12.6. The Morgan fingerprint density at radius 3 is 2.37 bits per heavy atom. The molecule has 344 valence electrons. The minimum absolute atomic E-state index is 0.0651. The molecule has 3 aromatic carbocycles. The molecule has 4 amide bonds. The van der Waals surface area contributed by atoms with Gasteiger partial charge in [-0.2, -0.15) is 0 Å². The maximum Gasteiger partial charge on any atom is 0.329 e. The van der Waals surface area contributed by atoms with Crippen molar-refractivity contribution in [2.45, 2.75) is 131 Å². The van der Waals surface area contributed by atoms with Crippen LogP contribution in [0.25, 0.3) is 11.0 Å². The molecule has 0 radical (unpaired) electrons. The number of piperidine rings is 1. The number of carboxylic acids is 1. The average molecular weight is 910 g/mol. The summed E-state index contributed by atoms with van der Waals surface area (Å²) in [6, 6.07) is 13.9. The molecule has 2 saturated carbocycles. The van der Waals surface area contributed by atoms with E-state index in [1.165, 1.54) is 15.2 Å². The van der Waals surface area contributed by atoms with Crippen molar-refractivity contribution in [2.24, 2.45) is 18.7 Å². The highest BCUT2D eigenvalue weighted by atomic mass is 35.5. The second-order valence-corrected chi connectivity index (χ2v) is 19.6. The van der Waals surface area contributed by atoms with Gasteiger partial charge in [-0.25, -0.2) is 14.0 Å². The molecule has 1 aromatic heterocycles. The van der Waals surface area contributed by atoms with Crippen LogP contribution < -0.4 is 27.4 Å². The molecular weight excluding hydrogens is 853 g/mol. The normalized spacial score (nSPS) is 25.7. The van der Waals surface area contributed by atoms with Crippen LogP contribution >= 0.6 is 11.6 Å². The molecule has 65 heavy (non-hydrogen) atoms. The van der Waals surface area contributed by atoms with E-state index in [-0.39, 0.29) is 59.0 Å². The number of carbonyl (C=O) groups excluding carboxylic acids is 4. The minimum Gasteiger partial charge on any atom is -0.480 e. The Morgan fingerprint density at radius 2 is 1.68 bits per heavy atom. The molecule has 4 atom stereocenters. The number of primary amides is 1. The van der Waals surface area contributed by atoms with E-state index in [0.717, 1.165) is 48.8 Å². The lowest BCUT2D eigenvalue weighted by Gasteiger charge is -2.47. The van der Waals surface area contributed by atoms with Crippen LogP contribution in [0.3, 0.4) is 0 Å². The summed E-state index contributed by atoms with van der Waals surface area (Å²) in [5.41, 5.74) is 7.47. The van der Waals surface area contributed by atoms with Crippen LogP contribution in [0.4, 0.5) is 10.1 Å². The Balaban J connectivity index is 0.871. The Bertz CT molecular complexity index is 2640. The lowest BCUT2D eigenvalue weighted by molar-refractivity contribution is -0.141. The van der Waals surface area contributed by atoms with Crippen molar-refractivity contribution < 1.29 is 33.5 Å². The molecule has 4 heterocycles. The van der Waals surface area contributed by atoms with Gasteiger partial charge in [0, 0.05) is 55.7 Å². The number of nitrogens with one attached hydrogen (secondary N) is 3. The number of nitrogens with zero attached hydrogens (tertiary/aromatic N) is 3. The summed E-state index contributed by atoms with van der Waals surface area (Å²) in [5.74, 6) is -3.84. The Labute approximate surface area is 381 Å². The van der Waals surface area contributed by atoms with Crippen LogP contribution in [0.15, 0.2) is 59.4 Å². The zero-order valence-electron chi connectivity index (χ0n) is 36.8. The number of imidazole rings is 1. The monoisotopic (exact) mass is 909 g/mol. The Hall–Kier alpha value is -5.54. The van der Waals surface area contributed by atoms with Gasteiger partial charge in [0.2, 0.25) is 23.6 Å². The fourth-order valence-electron chi connectivity index (χ4n) is 12.4. The second-order valence-electron chi connectivity index (χ2n) is 19.2. The van der Waals surface area contributed by atoms with Gasteiger partial charge in [0.15, 0.2) is 0 Å². The molecule has 0 bridgehead atoms. The number of aliphatic carboxylic acids is 1. The van der Waals surface area contributed by atoms with Crippen LogP contribution in [0, 0.1) is 18.7 Å². The van der Waals surface area contributed by atoms with Gasteiger partial charge >= 0.3 is 11.7 Å². The topological polar surface area (TPSA) is 198 Å². The number of carboxylic acid groups (broad SMARTS) is 1. The van der Waals surface area contributed by atoms with E-state index in [2.05, 4.69) is 16.0 Å². The van der Waals surface area contributed by atoms with Gasteiger partial charge < -0.3 is 26.4 Å². The first-order valence-corrected chi connectivity index (χ1v) is 23.5. The average Bonchev–Trinajstić information content (AvgIpc) is 3.84. The van der Waals surface area contributed by atoms with E-state index in [0.29, 0.717) is 68.3 Å². The molecular formula is C49H57ClFN7O7. The van der Waals surface area contributed by atoms with Crippen LogP contribution in [0.2, 0.25) is 5.02 Å². The molecule has 2 saturated heterocycles. The number of hydrogen-bond donors (Lipinski definition) is 5. The van der Waals surface area contributed by atoms with Gasteiger partial charge in [-0.1, -0.05) is 61.2 Å². The quantitative estimate of drug-likeness (QED) is 0.127. The van der Waals surface area contributed by atoms with E-state index < -0.39 is 52.3 Å². The largest absolute Gasteiger partial charge is 0.480 e. The maximum atomic E-state index is 16.4. The van der Waals surface area contributed by atoms with Crippen LogP contribution in [0.1, 0.15) is 124 Å². The number of amides is 4. The summed E-state index contributed by atoms with van der Waals surface area (Å²) in [6.45, 7) is 3.10. The number of halogens is 2. The first-order chi connectivity index (χ1) is 31.1. The van der Waals surface area contributed by atoms with Gasteiger partial charge in [-0.05, 0) is 117 Å². The predicted molar refractivity (Wildman–Crippen MR) is 243 cm³/mol. The lowest BCUT2D eigenvalue weighted by atomic mass is 9.55. The maximum absolute atomic E-state index is 16.4. The number of hydrogen-bond acceptors (Lipinski definition) is 7. The summed E-state index contributed by atoms with van der Waals surface area (Å²) < 4.78 is 19.0. The van der Waals surface area contributed by atoms with Crippen molar-refractivity contribution in [2.75, 3.05) is 18.4 Å². The SMILES string of the molecule is Cc1ccc2c(c1)NC(=O)[C@]21[C@@H](c2cccc(Cl)c2F)[C@H](C(=O)NC2CCC(C(=O)N3CCC(c4ccc5c(c4)n(C)c(=O)n5C(CCC(N)=O)C(=O)O)CC3)CC2)NC12CCCCC2. The number of rotatable bonds is 10. The highest BCUT2D eigenvalue weighted by molar-refractivity contribution is 6.30. The predicted octanol–water partition coefficient (Wildman–Crippen LogP) is 6.06. The van der Waals surface area contributed by atoms with Crippen LogP contribution in [-0.2, 0) is 36.4 Å². The highest BCUT2D eigenvalue weighted by Crippen LogP contribution is 2.62. The van der Waals surface area contributed by atoms with Crippen molar-refractivity contribution in [3.05, 3.63) is 98.2 Å². The highest BCUT2D eigenvalue weighted by Gasteiger charge is 2.72. The van der Waals surface area contributed by atoms with Crippen LogP contribution in [0.5, 0.6) is 0 Å². The van der Waals surface area contributed by atoms with Crippen molar-refractivity contribution in [3.63, 3.8) is 0 Å². The number of likely N-dealkylation sites (tertiary alicyclic amines) is 1. The molecule has 1 unspecified atom stereocenters.